The van der Waals surface area contributed by atoms with E-state index in [2.05, 4.69) is 6.58 Å². The Hall–Kier alpha value is -1.25. The van der Waals surface area contributed by atoms with E-state index in [1.807, 2.05) is 0 Å². The monoisotopic (exact) mass is 140 g/mol. The molecule has 0 saturated heterocycles. The molecule has 0 aromatic heterocycles. The predicted molar refractivity (Wildman–Crippen MR) is 40.9 cm³/mol. The largest absolute Gasteiger partial charge is 0.399 e. The summed E-state index contributed by atoms with van der Waals surface area (Å²) in [5, 5.41) is 0. The molecule has 0 atom stereocenters. The first kappa shape index (κ1) is 8.75. The first-order valence-corrected chi connectivity index (χ1v) is 2.89. The highest BCUT2D eigenvalue weighted by Crippen LogP contribution is 2.06. The number of rotatable bonds is 2. The minimum absolute atomic E-state index is 0.229. The van der Waals surface area contributed by atoms with Crippen LogP contribution >= 0.6 is 0 Å². The van der Waals surface area contributed by atoms with Crippen molar-refractivity contribution in [2.45, 2.75) is 13.8 Å². The number of carbonyl (C=O) groups is 1. The Morgan fingerprint density at radius 3 is 1.70 bits per heavy atom. The minimum Gasteiger partial charge on any atom is -0.399 e. The first-order chi connectivity index (χ1) is 4.46. The second-order valence-corrected chi connectivity index (χ2v) is 2.26. The van der Waals surface area contributed by atoms with E-state index < -0.39 is 5.91 Å². The van der Waals surface area contributed by atoms with Crippen LogP contribution in [0.4, 0.5) is 0 Å². The predicted octanol–water partition coefficient (Wildman–Crippen LogP) is 0.281. The molecule has 0 aromatic carbocycles. The highest BCUT2D eigenvalue weighted by atomic mass is 16.1. The quantitative estimate of drug-likeness (QED) is 0.427. The molecule has 0 saturated carbocycles. The first-order valence-electron chi connectivity index (χ1n) is 2.89. The van der Waals surface area contributed by atoms with Gasteiger partial charge in [-0.1, -0.05) is 12.2 Å². The van der Waals surface area contributed by atoms with Gasteiger partial charge in [-0.05, 0) is 13.8 Å². The molecule has 0 aliphatic rings. The van der Waals surface area contributed by atoms with E-state index in [9.17, 15) is 4.79 Å². The second-order valence-electron chi connectivity index (χ2n) is 2.26. The van der Waals surface area contributed by atoms with Crippen molar-refractivity contribution < 1.29 is 4.79 Å². The molecule has 0 rings (SSSR count). The van der Waals surface area contributed by atoms with Crippen LogP contribution < -0.4 is 11.5 Å². The summed E-state index contributed by atoms with van der Waals surface area (Å²) >= 11 is 0. The highest BCUT2D eigenvalue weighted by Gasteiger charge is 2.06. The number of carbonyl (C=O) groups excluding carboxylic acids is 1. The van der Waals surface area contributed by atoms with Gasteiger partial charge in [-0.15, -0.1) is 0 Å². The molecule has 56 valence electrons. The van der Waals surface area contributed by atoms with Gasteiger partial charge in [-0.25, -0.2) is 0 Å². The van der Waals surface area contributed by atoms with Gasteiger partial charge in [0.05, 0.1) is 5.57 Å². The average molecular weight is 140 g/mol. The van der Waals surface area contributed by atoms with Crippen molar-refractivity contribution in [2.24, 2.45) is 11.5 Å². The Bertz CT molecular complexity index is 184. The second kappa shape index (κ2) is 3.06. The van der Waals surface area contributed by atoms with E-state index in [1.54, 1.807) is 13.8 Å². The van der Waals surface area contributed by atoms with Gasteiger partial charge < -0.3 is 11.5 Å². The molecule has 0 fully saturated rings. The fourth-order valence-corrected chi connectivity index (χ4v) is 0.726. The Morgan fingerprint density at radius 2 is 1.70 bits per heavy atom. The van der Waals surface area contributed by atoms with Crippen molar-refractivity contribution in [1.29, 1.82) is 0 Å². The minimum atomic E-state index is -0.521. The maximum absolute atomic E-state index is 10.6. The number of hydrogen-bond donors (Lipinski definition) is 2. The van der Waals surface area contributed by atoms with E-state index in [1.165, 1.54) is 0 Å². The zero-order chi connectivity index (χ0) is 8.31. The third-order valence-corrected chi connectivity index (χ3v) is 1.07. The Morgan fingerprint density at radius 1 is 1.30 bits per heavy atom. The molecule has 0 aliphatic heterocycles. The summed E-state index contributed by atoms with van der Waals surface area (Å²) < 4.78 is 0. The lowest BCUT2D eigenvalue weighted by Gasteiger charge is -2.02. The summed E-state index contributed by atoms with van der Waals surface area (Å²) in [7, 11) is 0. The maximum Gasteiger partial charge on any atom is 0.250 e. The topological polar surface area (TPSA) is 69.1 Å². The lowest BCUT2D eigenvalue weighted by Crippen LogP contribution is -2.19. The van der Waals surface area contributed by atoms with Gasteiger partial charge in [-0.2, -0.15) is 0 Å². The van der Waals surface area contributed by atoms with Gasteiger partial charge in [0, 0.05) is 5.70 Å². The van der Waals surface area contributed by atoms with E-state index in [-0.39, 0.29) is 5.70 Å². The van der Waals surface area contributed by atoms with Crippen molar-refractivity contribution in [2.75, 3.05) is 0 Å². The molecule has 0 radical (unpaired) electrons. The molecule has 0 aliphatic carbocycles. The Kier molecular flexibility index (Phi) is 2.67. The Labute approximate surface area is 60.4 Å². The molecule has 10 heavy (non-hydrogen) atoms. The molecule has 0 aromatic rings. The third-order valence-electron chi connectivity index (χ3n) is 1.07. The van der Waals surface area contributed by atoms with Crippen LogP contribution in [0.25, 0.3) is 0 Å². The molecular formula is C7H12N2O. The van der Waals surface area contributed by atoms with Crippen LogP contribution in [0.1, 0.15) is 13.8 Å². The summed E-state index contributed by atoms with van der Waals surface area (Å²) in [6.45, 7) is 6.94. The van der Waals surface area contributed by atoms with Gasteiger partial charge in [0.15, 0.2) is 0 Å². The summed E-state index contributed by atoms with van der Waals surface area (Å²) in [6.07, 6.45) is 0. The number of allylic oxidation sites excluding steroid dienone is 1. The standard InChI is InChI=1S/C7H12N2O/c1-4(2)6(5(3)8)7(9)10/h3,8H2,1-2H3,(H2,9,10). The molecule has 0 bridgehead atoms. The fourth-order valence-electron chi connectivity index (χ4n) is 0.726. The summed E-state index contributed by atoms with van der Waals surface area (Å²) in [5.74, 6) is -0.521. The number of primary amides is 1. The van der Waals surface area contributed by atoms with E-state index in [0.29, 0.717) is 5.57 Å². The van der Waals surface area contributed by atoms with Crippen LogP contribution in [0.3, 0.4) is 0 Å². The van der Waals surface area contributed by atoms with Crippen molar-refractivity contribution in [1.82, 2.24) is 0 Å². The lowest BCUT2D eigenvalue weighted by atomic mass is 10.1. The highest BCUT2D eigenvalue weighted by molar-refractivity contribution is 5.96. The molecule has 0 heterocycles. The average Bonchev–Trinajstić information content (AvgIpc) is 1.59. The SMILES string of the molecule is C=C(N)C(C(N)=O)=C(C)C. The zero-order valence-electron chi connectivity index (χ0n) is 6.27. The van der Waals surface area contributed by atoms with Crippen LogP contribution in [-0.4, -0.2) is 5.91 Å². The van der Waals surface area contributed by atoms with Gasteiger partial charge in [0.25, 0.3) is 5.91 Å². The summed E-state index contributed by atoms with van der Waals surface area (Å²) in [4.78, 5) is 10.6. The molecule has 1 amide bonds. The van der Waals surface area contributed by atoms with Gasteiger partial charge >= 0.3 is 0 Å². The van der Waals surface area contributed by atoms with Crippen LogP contribution in [0.5, 0.6) is 0 Å². The lowest BCUT2D eigenvalue weighted by molar-refractivity contribution is -0.114. The maximum atomic E-state index is 10.6. The molecular weight excluding hydrogens is 128 g/mol. The molecule has 3 heteroatoms. The summed E-state index contributed by atoms with van der Waals surface area (Å²) in [6, 6.07) is 0. The van der Waals surface area contributed by atoms with E-state index in [0.717, 1.165) is 5.57 Å². The van der Waals surface area contributed by atoms with Crippen LogP contribution in [0.15, 0.2) is 23.4 Å². The van der Waals surface area contributed by atoms with Crippen LogP contribution in [-0.2, 0) is 4.79 Å². The van der Waals surface area contributed by atoms with Crippen molar-refractivity contribution in [3.63, 3.8) is 0 Å². The summed E-state index contributed by atoms with van der Waals surface area (Å²) in [5.41, 5.74) is 11.6. The zero-order valence-corrected chi connectivity index (χ0v) is 6.27. The smallest absolute Gasteiger partial charge is 0.250 e. The van der Waals surface area contributed by atoms with E-state index in [4.69, 9.17) is 11.5 Å². The molecule has 4 N–H and O–H groups in total. The van der Waals surface area contributed by atoms with Crippen molar-refractivity contribution in [3.8, 4) is 0 Å². The van der Waals surface area contributed by atoms with Gasteiger partial charge in [0.2, 0.25) is 0 Å². The molecule has 3 nitrogen and oxygen atoms in total. The van der Waals surface area contributed by atoms with Crippen LogP contribution in [0, 0.1) is 0 Å². The van der Waals surface area contributed by atoms with E-state index >= 15 is 0 Å². The van der Waals surface area contributed by atoms with Gasteiger partial charge in [0.1, 0.15) is 0 Å². The number of hydrogen-bond acceptors (Lipinski definition) is 2. The number of nitrogens with two attached hydrogens (primary N) is 2. The number of amides is 1. The molecule has 0 spiro atoms. The molecule has 0 unspecified atom stereocenters. The normalized spacial score (nSPS) is 8.60. The van der Waals surface area contributed by atoms with Gasteiger partial charge in [-0.3, -0.25) is 4.79 Å². The Balaban J connectivity index is 4.79. The third kappa shape index (κ3) is 1.93. The van der Waals surface area contributed by atoms with Crippen molar-refractivity contribution >= 4 is 5.91 Å². The van der Waals surface area contributed by atoms with Crippen LogP contribution in [0.2, 0.25) is 0 Å². The van der Waals surface area contributed by atoms with Crippen molar-refractivity contribution in [3.05, 3.63) is 23.4 Å². The fraction of sp³-hybridized carbons (Fsp3) is 0.286.